The first-order chi connectivity index (χ1) is 5.68. The molecule has 0 aliphatic heterocycles. The van der Waals surface area contributed by atoms with Crippen LogP contribution in [-0.4, -0.2) is 14.5 Å². The van der Waals surface area contributed by atoms with Crippen molar-refractivity contribution in [1.82, 2.24) is 14.5 Å². The van der Waals surface area contributed by atoms with Gasteiger partial charge in [0.05, 0.1) is 12.0 Å². The van der Waals surface area contributed by atoms with Gasteiger partial charge in [-0.3, -0.25) is 0 Å². The summed E-state index contributed by atoms with van der Waals surface area (Å²) < 4.78 is 2.92. The summed E-state index contributed by atoms with van der Waals surface area (Å²) in [5.41, 5.74) is 2.84. The maximum absolute atomic E-state index is 4.39. The molecule has 0 bridgehead atoms. The summed E-state index contributed by atoms with van der Waals surface area (Å²) in [5, 5.41) is 0. The zero-order chi connectivity index (χ0) is 8.72. The van der Waals surface area contributed by atoms with Crippen molar-refractivity contribution in [2.75, 3.05) is 0 Å². The molecule has 2 heterocycles. The van der Waals surface area contributed by atoms with Crippen LogP contribution in [-0.2, 0) is 7.05 Å². The van der Waals surface area contributed by atoms with Crippen molar-refractivity contribution in [2.24, 2.45) is 7.05 Å². The Kier molecular flexibility index (Phi) is 1.65. The topological polar surface area (TPSA) is 30.7 Å². The first kappa shape index (κ1) is 7.73. The number of halogens is 1. The molecule has 2 rings (SSSR count). The maximum atomic E-state index is 4.39. The molecule has 62 valence electrons. The van der Waals surface area contributed by atoms with E-state index in [0.29, 0.717) is 0 Å². The highest BCUT2D eigenvalue weighted by Crippen LogP contribution is 2.18. The number of hydrogen-bond donors (Lipinski definition) is 0. The van der Waals surface area contributed by atoms with E-state index in [0.717, 1.165) is 21.3 Å². The molecule has 0 aliphatic rings. The average Bonchev–Trinajstić information content (AvgIpc) is 2.35. The van der Waals surface area contributed by atoms with Gasteiger partial charge < -0.3 is 4.57 Å². The lowest BCUT2D eigenvalue weighted by atomic mass is 10.3. The quantitative estimate of drug-likeness (QED) is 0.688. The molecular formula is C8H8BrN3. The fraction of sp³-hybridized carbons (Fsp3) is 0.250. The van der Waals surface area contributed by atoms with Crippen LogP contribution in [0.4, 0.5) is 0 Å². The Hall–Kier alpha value is -0.900. The molecule has 0 aromatic carbocycles. The van der Waals surface area contributed by atoms with E-state index in [1.807, 2.05) is 24.6 Å². The standard InChI is InChI=1S/C8H8BrN3/c1-5-6(9)3-7-8(11-5)12(2)4-10-7/h3-4H,1-2H3. The van der Waals surface area contributed by atoms with Crippen LogP contribution in [0.1, 0.15) is 5.69 Å². The van der Waals surface area contributed by atoms with Gasteiger partial charge in [0.1, 0.15) is 5.52 Å². The number of aromatic nitrogens is 3. The van der Waals surface area contributed by atoms with Crippen LogP contribution in [0.2, 0.25) is 0 Å². The maximum Gasteiger partial charge on any atom is 0.159 e. The Morgan fingerprint density at radius 2 is 2.25 bits per heavy atom. The highest BCUT2D eigenvalue weighted by atomic mass is 79.9. The fourth-order valence-corrected chi connectivity index (χ4v) is 1.42. The summed E-state index contributed by atoms with van der Waals surface area (Å²) in [6.45, 7) is 1.97. The van der Waals surface area contributed by atoms with Crippen molar-refractivity contribution < 1.29 is 0 Å². The predicted octanol–water partition coefficient (Wildman–Crippen LogP) is 2.04. The first-order valence-electron chi connectivity index (χ1n) is 3.62. The number of imidazole rings is 1. The van der Waals surface area contributed by atoms with Gasteiger partial charge in [0.25, 0.3) is 0 Å². The summed E-state index contributed by atoms with van der Waals surface area (Å²) in [6.07, 6.45) is 1.77. The summed E-state index contributed by atoms with van der Waals surface area (Å²) >= 11 is 3.41. The van der Waals surface area contributed by atoms with Crippen molar-refractivity contribution in [3.05, 3.63) is 22.6 Å². The number of pyridine rings is 1. The average molecular weight is 226 g/mol. The molecule has 12 heavy (non-hydrogen) atoms. The van der Waals surface area contributed by atoms with Crippen LogP contribution in [0.3, 0.4) is 0 Å². The van der Waals surface area contributed by atoms with Gasteiger partial charge in [0, 0.05) is 11.5 Å². The van der Waals surface area contributed by atoms with Gasteiger partial charge in [-0.25, -0.2) is 9.97 Å². The van der Waals surface area contributed by atoms with Crippen molar-refractivity contribution >= 4 is 27.1 Å². The minimum absolute atomic E-state index is 0.926. The van der Waals surface area contributed by atoms with Gasteiger partial charge in [-0.05, 0) is 28.9 Å². The molecule has 3 nitrogen and oxygen atoms in total. The molecule has 2 aromatic heterocycles. The minimum Gasteiger partial charge on any atom is -0.318 e. The zero-order valence-electron chi connectivity index (χ0n) is 6.87. The Labute approximate surface area is 78.6 Å². The molecule has 0 aliphatic carbocycles. The number of fused-ring (bicyclic) bond motifs is 1. The van der Waals surface area contributed by atoms with Crippen LogP contribution in [0.25, 0.3) is 11.2 Å². The second-order valence-corrected chi connectivity index (χ2v) is 3.61. The van der Waals surface area contributed by atoms with E-state index >= 15 is 0 Å². The molecule has 0 amide bonds. The Morgan fingerprint density at radius 1 is 1.50 bits per heavy atom. The van der Waals surface area contributed by atoms with Crippen LogP contribution >= 0.6 is 15.9 Å². The molecule has 0 fully saturated rings. The highest BCUT2D eigenvalue weighted by molar-refractivity contribution is 9.10. The molecule has 2 aromatic rings. The second kappa shape index (κ2) is 2.55. The zero-order valence-corrected chi connectivity index (χ0v) is 8.46. The summed E-state index contributed by atoms with van der Waals surface area (Å²) in [6, 6.07) is 1.98. The van der Waals surface area contributed by atoms with E-state index in [9.17, 15) is 0 Å². The molecule has 0 saturated heterocycles. The van der Waals surface area contributed by atoms with Gasteiger partial charge in [-0.1, -0.05) is 0 Å². The summed E-state index contributed by atoms with van der Waals surface area (Å²) in [4.78, 5) is 8.58. The SMILES string of the molecule is Cc1nc2c(cc1Br)ncn2C. The second-order valence-electron chi connectivity index (χ2n) is 2.75. The number of nitrogens with zero attached hydrogens (tertiary/aromatic N) is 3. The molecule has 0 N–H and O–H groups in total. The lowest BCUT2D eigenvalue weighted by molar-refractivity contribution is 0.926. The molecule has 0 radical (unpaired) electrons. The van der Waals surface area contributed by atoms with E-state index in [1.54, 1.807) is 6.33 Å². The molecule has 4 heteroatoms. The first-order valence-corrected chi connectivity index (χ1v) is 4.42. The lowest BCUT2D eigenvalue weighted by Gasteiger charge is -1.97. The number of aryl methyl sites for hydroxylation is 2. The van der Waals surface area contributed by atoms with Crippen LogP contribution in [0.5, 0.6) is 0 Å². The Morgan fingerprint density at radius 3 is 3.00 bits per heavy atom. The minimum atomic E-state index is 0.926. The van der Waals surface area contributed by atoms with Gasteiger partial charge in [0.2, 0.25) is 0 Å². The van der Waals surface area contributed by atoms with E-state index in [4.69, 9.17) is 0 Å². The van der Waals surface area contributed by atoms with Gasteiger partial charge >= 0.3 is 0 Å². The van der Waals surface area contributed by atoms with E-state index in [1.165, 1.54) is 0 Å². The molecule has 0 atom stereocenters. The monoisotopic (exact) mass is 225 g/mol. The fourth-order valence-electron chi connectivity index (χ4n) is 1.12. The normalized spacial score (nSPS) is 10.9. The molecule has 0 spiro atoms. The highest BCUT2D eigenvalue weighted by Gasteiger charge is 2.03. The summed E-state index contributed by atoms with van der Waals surface area (Å²) in [7, 11) is 1.94. The molecular weight excluding hydrogens is 218 g/mol. The van der Waals surface area contributed by atoms with Gasteiger partial charge in [-0.2, -0.15) is 0 Å². The van der Waals surface area contributed by atoms with Crippen molar-refractivity contribution in [3.8, 4) is 0 Å². The number of hydrogen-bond acceptors (Lipinski definition) is 2. The van der Waals surface area contributed by atoms with Gasteiger partial charge in [-0.15, -0.1) is 0 Å². The smallest absolute Gasteiger partial charge is 0.159 e. The van der Waals surface area contributed by atoms with E-state index in [2.05, 4.69) is 25.9 Å². The third-order valence-electron chi connectivity index (χ3n) is 1.82. The van der Waals surface area contributed by atoms with Gasteiger partial charge in [0.15, 0.2) is 5.65 Å². The van der Waals surface area contributed by atoms with Crippen LogP contribution < -0.4 is 0 Å². The molecule has 0 saturated carbocycles. The van der Waals surface area contributed by atoms with Crippen LogP contribution in [0.15, 0.2) is 16.9 Å². The summed E-state index contributed by atoms with van der Waals surface area (Å²) in [5.74, 6) is 0. The number of rotatable bonds is 0. The predicted molar refractivity (Wildman–Crippen MR) is 50.9 cm³/mol. The van der Waals surface area contributed by atoms with Crippen LogP contribution in [0, 0.1) is 6.92 Å². The third-order valence-corrected chi connectivity index (χ3v) is 2.62. The third kappa shape index (κ3) is 1.03. The Bertz CT molecular complexity index is 433. The lowest BCUT2D eigenvalue weighted by Crippen LogP contribution is -1.90. The molecule has 0 unspecified atom stereocenters. The van der Waals surface area contributed by atoms with E-state index in [-0.39, 0.29) is 0 Å². The van der Waals surface area contributed by atoms with Crippen molar-refractivity contribution in [1.29, 1.82) is 0 Å². The van der Waals surface area contributed by atoms with Crippen molar-refractivity contribution in [3.63, 3.8) is 0 Å². The largest absolute Gasteiger partial charge is 0.318 e. The van der Waals surface area contributed by atoms with E-state index < -0.39 is 0 Å². The Balaban J connectivity index is 2.87. The van der Waals surface area contributed by atoms with Crippen molar-refractivity contribution in [2.45, 2.75) is 6.92 Å².